The van der Waals surface area contributed by atoms with Gasteiger partial charge >= 0.3 is 0 Å². The van der Waals surface area contributed by atoms with E-state index in [9.17, 15) is 9.59 Å². The van der Waals surface area contributed by atoms with Crippen LogP contribution in [-0.4, -0.2) is 41.9 Å². The fraction of sp³-hybridized carbons (Fsp3) is 0.462. The largest absolute Gasteiger partial charge is 0.480 e. The monoisotopic (exact) mass is 464 g/mol. The highest BCUT2D eigenvalue weighted by Crippen LogP contribution is 2.33. The number of ether oxygens (including phenoxy) is 1. The molecule has 2 aromatic heterocycles. The number of carbonyl (C=O) groups excluding carboxylic acids is 2. The van der Waals surface area contributed by atoms with Crippen molar-refractivity contribution < 1.29 is 18.7 Å². The highest BCUT2D eigenvalue weighted by atomic mass is 16.5. The molecule has 1 aliphatic rings. The van der Waals surface area contributed by atoms with Gasteiger partial charge in [-0.05, 0) is 25.0 Å². The second-order valence-electron chi connectivity index (χ2n) is 8.71. The van der Waals surface area contributed by atoms with E-state index in [2.05, 4.69) is 20.6 Å². The fourth-order valence-corrected chi connectivity index (χ4v) is 4.05. The average molecular weight is 465 g/mol. The molecule has 34 heavy (non-hydrogen) atoms. The van der Waals surface area contributed by atoms with E-state index in [-0.39, 0.29) is 23.7 Å². The highest BCUT2D eigenvalue weighted by molar-refractivity contribution is 5.85. The van der Waals surface area contributed by atoms with Crippen molar-refractivity contribution in [1.29, 1.82) is 0 Å². The summed E-state index contributed by atoms with van der Waals surface area (Å²) in [5, 5.41) is 7.22. The first kappa shape index (κ1) is 23.9. The molecule has 0 saturated carbocycles. The molecule has 1 saturated heterocycles. The van der Waals surface area contributed by atoms with Crippen LogP contribution in [0, 0.1) is 5.92 Å². The lowest BCUT2D eigenvalue weighted by Gasteiger charge is -2.27. The number of nitrogens with one attached hydrogen (secondary N) is 2. The minimum absolute atomic E-state index is 0.00890. The molecule has 1 aromatic carbocycles. The van der Waals surface area contributed by atoms with Crippen LogP contribution < -0.4 is 15.4 Å². The third kappa shape index (κ3) is 5.62. The standard InChI is InChI=1S/C26H32N4O4/c1-3-19(31)10-5-4-6-12-22(29-24(32)18-14-27-15-18)26-28-16-23(34-26)20-13-17-9-7-8-11-21(17)30-25(20)33-2/h7-9,11,13,16,18,22,27H,3-6,10,12,14-15H2,1-2H3,(H,29,32)/t22-/m0/s1. The second-order valence-corrected chi connectivity index (χ2v) is 8.71. The molecule has 0 unspecified atom stereocenters. The summed E-state index contributed by atoms with van der Waals surface area (Å²) in [6.45, 7) is 3.27. The number of unbranched alkanes of at least 4 members (excludes halogenated alkanes) is 2. The van der Waals surface area contributed by atoms with Gasteiger partial charge in [-0.1, -0.05) is 38.0 Å². The van der Waals surface area contributed by atoms with E-state index >= 15 is 0 Å². The van der Waals surface area contributed by atoms with E-state index < -0.39 is 0 Å². The number of ketones is 1. The maximum Gasteiger partial charge on any atom is 0.226 e. The second kappa shape index (κ2) is 11.2. The van der Waals surface area contributed by atoms with Gasteiger partial charge < -0.3 is 19.8 Å². The van der Waals surface area contributed by atoms with Gasteiger partial charge in [0.25, 0.3) is 0 Å². The zero-order valence-electron chi connectivity index (χ0n) is 19.8. The van der Waals surface area contributed by atoms with Gasteiger partial charge in [-0.25, -0.2) is 9.97 Å². The molecule has 1 amide bonds. The lowest BCUT2D eigenvalue weighted by Crippen LogP contribution is -2.51. The third-order valence-electron chi connectivity index (χ3n) is 6.28. The van der Waals surface area contributed by atoms with E-state index in [1.807, 2.05) is 37.3 Å². The van der Waals surface area contributed by atoms with Crippen LogP contribution in [0.15, 0.2) is 40.9 Å². The summed E-state index contributed by atoms with van der Waals surface area (Å²) < 4.78 is 11.7. The Hall–Kier alpha value is -3.26. The molecule has 1 fully saturated rings. The molecule has 0 bridgehead atoms. The van der Waals surface area contributed by atoms with Crippen LogP contribution in [0.2, 0.25) is 0 Å². The maximum atomic E-state index is 12.7. The van der Waals surface area contributed by atoms with Crippen LogP contribution in [0.4, 0.5) is 0 Å². The van der Waals surface area contributed by atoms with Crippen molar-refractivity contribution in [3.8, 4) is 17.2 Å². The number of methoxy groups -OCH3 is 1. The predicted molar refractivity (Wildman–Crippen MR) is 129 cm³/mol. The number of oxazole rings is 1. The Morgan fingerprint density at radius 3 is 2.79 bits per heavy atom. The summed E-state index contributed by atoms with van der Waals surface area (Å²) in [5.74, 6) is 1.75. The van der Waals surface area contributed by atoms with Crippen LogP contribution in [0.25, 0.3) is 22.2 Å². The molecule has 3 heterocycles. The molecule has 2 N–H and O–H groups in total. The Morgan fingerprint density at radius 2 is 2.06 bits per heavy atom. The number of pyridine rings is 1. The smallest absolute Gasteiger partial charge is 0.226 e. The molecular formula is C26H32N4O4. The van der Waals surface area contributed by atoms with Crippen LogP contribution in [0.5, 0.6) is 5.88 Å². The van der Waals surface area contributed by atoms with Crippen LogP contribution in [-0.2, 0) is 9.59 Å². The van der Waals surface area contributed by atoms with Crippen LogP contribution >= 0.6 is 0 Å². The highest BCUT2D eigenvalue weighted by Gasteiger charge is 2.29. The van der Waals surface area contributed by atoms with Gasteiger partial charge in [0.05, 0.1) is 30.3 Å². The third-order valence-corrected chi connectivity index (χ3v) is 6.28. The van der Waals surface area contributed by atoms with E-state index in [1.54, 1.807) is 13.3 Å². The first-order valence-electron chi connectivity index (χ1n) is 12.0. The quantitative estimate of drug-likeness (QED) is 0.387. The number of Topliss-reactive ketones (excluding diaryl/α,β-unsaturated/α-hetero) is 1. The Balaban J connectivity index is 1.51. The molecule has 0 aliphatic carbocycles. The van der Waals surface area contributed by atoms with E-state index in [4.69, 9.17) is 9.15 Å². The molecular weight excluding hydrogens is 432 g/mol. The Bertz CT molecular complexity index is 1140. The molecule has 3 aromatic rings. The zero-order valence-corrected chi connectivity index (χ0v) is 19.8. The summed E-state index contributed by atoms with van der Waals surface area (Å²) in [7, 11) is 1.58. The van der Waals surface area contributed by atoms with Gasteiger partial charge in [0.1, 0.15) is 11.8 Å². The van der Waals surface area contributed by atoms with Crippen molar-refractivity contribution in [3.63, 3.8) is 0 Å². The normalized spacial score (nSPS) is 14.5. The van der Waals surface area contributed by atoms with E-state index in [1.165, 1.54) is 0 Å². The lowest BCUT2D eigenvalue weighted by atomic mass is 10.0. The van der Waals surface area contributed by atoms with Crippen molar-refractivity contribution in [2.45, 2.75) is 51.5 Å². The van der Waals surface area contributed by atoms with Crippen molar-refractivity contribution >= 4 is 22.6 Å². The molecule has 8 nitrogen and oxygen atoms in total. The summed E-state index contributed by atoms with van der Waals surface area (Å²) in [6.07, 6.45) is 6.19. The minimum Gasteiger partial charge on any atom is -0.480 e. The molecule has 1 aliphatic heterocycles. The maximum absolute atomic E-state index is 12.7. The van der Waals surface area contributed by atoms with Crippen molar-refractivity contribution in [1.82, 2.24) is 20.6 Å². The number of rotatable bonds is 12. The first-order valence-corrected chi connectivity index (χ1v) is 12.0. The van der Waals surface area contributed by atoms with Gasteiger partial charge in [-0.3, -0.25) is 9.59 Å². The molecule has 180 valence electrons. The fourth-order valence-electron chi connectivity index (χ4n) is 4.05. The average Bonchev–Trinajstić information content (AvgIpc) is 3.31. The number of benzene rings is 1. The Morgan fingerprint density at radius 1 is 1.24 bits per heavy atom. The number of fused-ring (bicyclic) bond motifs is 1. The number of hydrogen-bond acceptors (Lipinski definition) is 7. The molecule has 0 radical (unpaired) electrons. The number of carbonyl (C=O) groups is 2. The molecule has 0 spiro atoms. The van der Waals surface area contributed by atoms with Crippen molar-refractivity contribution in [2.75, 3.05) is 20.2 Å². The zero-order chi connectivity index (χ0) is 23.9. The van der Waals surface area contributed by atoms with Crippen LogP contribution in [0.1, 0.15) is 57.4 Å². The van der Waals surface area contributed by atoms with Gasteiger partial charge in [0.15, 0.2) is 5.76 Å². The Kier molecular flexibility index (Phi) is 7.90. The summed E-state index contributed by atoms with van der Waals surface area (Å²) in [4.78, 5) is 33.3. The first-order chi connectivity index (χ1) is 16.6. The molecule has 8 heteroatoms. The van der Waals surface area contributed by atoms with Gasteiger partial charge in [-0.2, -0.15) is 0 Å². The molecule has 1 atom stereocenters. The van der Waals surface area contributed by atoms with Gasteiger partial charge in [-0.15, -0.1) is 0 Å². The predicted octanol–water partition coefficient (Wildman–Crippen LogP) is 4.20. The number of aromatic nitrogens is 2. The summed E-state index contributed by atoms with van der Waals surface area (Å²) >= 11 is 0. The minimum atomic E-state index is -0.330. The summed E-state index contributed by atoms with van der Waals surface area (Å²) in [5.41, 5.74) is 1.55. The van der Waals surface area contributed by atoms with Crippen molar-refractivity contribution in [3.05, 3.63) is 42.4 Å². The number of para-hydroxylation sites is 1. The topological polar surface area (TPSA) is 106 Å². The van der Waals surface area contributed by atoms with Crippen molar-refractivity contribution in [2.24, 2.45) is 5.92 Å². The van der Waals surface area contributed by atoms with E-state index in [0.717, 1.165) is 30.2 Å². The molecule has 4 rings (SSSR count). The SMILES string of the molecule is CCC(=O)CCCCC[C@H](NC(=O)C1CNC1)c1ncc(-c2cc3ccccc3nc2OC)o1. The van der Waals surface area contributed by atoms with Gasteiger partial charge in [0, 0.05) is 31.3 Å². The van der Waals surface area contributed by atoms with Crippen LogP contribution in [0.3, 0.4) is 0 Å². The number of hydrogen-bond donors (Lipinski definition) is 2. The lowest BCUT2D eigenvalue weighted by molar-refractivity contribution is -0.127. The number of nitrogens with zero attached hydrogens (tertiary/aromatic N) is 2. The van der Waals surface area contributed by atoms with E-state index in [0.29, 0.717) is 55.4 Å². The number of amides is 1. The summed E-state index contributed by atoms with van der Waals surface area (Å²) in [6, 6.07) is 9.46. The van der Waals surface area contributed by atoms with Gasteiger partial charge in [0.2, 0.25) is 17.7 Å². The Labute approximate surface area is 199 Å².